The fourth-order valence-electron chi connectivity index (χ4n) is 5.13. The number of piperidine rings is 1. The Labute approximate surface area is 228 Å². The van der Waals surface area contributed by atoms with Gasteiger partial charge in [-0.1, -0.05) is 36.8 Å². The predicted molar refractivity (Wildman–Crippen MR) is 152 cm³/mol. The van der Waals surface area contributed by atoms with Crippen LogP contribution in [-0.4, -0.2) is 62.2 Å². The van der Waals surface area contributed by atoms with Crippen LogP contribution in [0.15, 0.2) is 77.8 Å². The molecule has 5 rings (SSSR count). The van der Waals surface area contributed by atoms with Crippen molar-refractivity contribution in [1.82, 2.24) is 4.90 Å². The van der Waals surface area contributed by atoms with Gasteiger partial charge in [0, 0.05) is 18.4 Å². The van der Waals surface area contributed by atoms with Crippen LogP contribution in [0.25, 0.3) is 0 Å². The van der Waals surface area contributed by atoms with E-state index in [1.165, 1.54) is 13.5 Å². The van der Waals surface area contributed by atoms with Gasteiger partial charge in [0.1, 0.15) is 5.92 Å². The number of nitrogens with zero attached hydrogens (tertiary/aromatic N) is 3. The first-order valence-corrected chi connectivity index (χ1v) is 13.2. The smallest absolute Gasteiger partial charge is 0.337 e. The molecule has 0 radical (unpaired) electrons. The highest BCUT2D eigenvalue weighted by atomic mass is 16.5. The van der Waals surface area contributed by atoms with Crippen LogP contribution in [0, 0.1) is 0 Å². The molecule has 3 aromatic rings. The van der Waals surface area contributed by atoms with Gasteiger partial charge in [0.25, 0.3) is 0 Å². The quantitative estimate of drug-likeness (QED) is 0.355. The summed E-state index contributed by atoms with van der Waals surface area (Å²) in [6.07, 6.45) is 3.51. The molecule has 2 amide bonds. The van der Waals surface area contributed by atoms with Gasteiger partial charge in [0.2, 0.25) is 11.8 Å². The summed E-state index contributed by atoms with van der Waals surface area (Å²) < 4.78 is 4.88. The van der Waals surface area contributed by atoms with Crippen molar-refractivity contribution in [2.75, 3.05) is 44.0 Å². The second-order valence-electron chi connectivity index (χ2n) is 9.88. The minimum Gasteiger partial charge on any atom is -0.465 e. The van der Waals surface area contributed by atoms with E-state index in [-0.39, 0.29) is 11.8 Å². The van der Waals surface area contributed by atoms with Crippen molar-refractivity contribution in [3.63, 3.8) is 0 Å². The molecule has 0 aromatic heterocycles. The van der Waals surface area contributed by atoms with Crippen molar-refractivity contribution in [3.05, 3.63) is 89.5 Å². The Morgan fingerprint density at radius 2 is 1.69 bits per heavy atom. The highest BCUT2D eigenvalue weighted by Gasteiger charge is 2.36. The van der Waals surface area contributed by atoms with E-state index in [1.807, 2.05) is 54.6 Å². The lowest BCUT2D eigenvalue weighted by Gasteiger charge is -2.28. The number of ether oxygens (including phenoxy) is 1. The number of aliphatic imine (C=N–C) groups is 1. The zero-order valence-electron chi connectivity index (χ0n) is 22.2. The fraction of sp³-hybridized carbons (Fsp3) is 0.290. The molecular formula is C31H32N4O4. The van der Waals surface area contributed by atoms with Gasteiger partial charge in [-0.3, -0.25) is 19.5 Å². The van der Waals surface area contributed by atoms with E-state index in [1.54, 1.807) is 30.1 Å². The Morgan fingerprint density at radius 3 is 2.38 bits per heavy atom. The summed E-state index contributed by atoms with van der Waals surface area (Å²) in [7, 11) is 3.12. The van der Waals surface area contributed by atoms with Crippen molar-refractivity contribution in [2.24, 2.45) is 4.99 Å². The first kappa shape index (κ1) is 26.3. The fourth-order valence-corrected chi connectivity index (χ4v) is 5.13. The van der Waals surface area contributed by atoms with Gasteiger partial charge >= 0.3 is 5.97 Å². The number of amides is 2. The third-order valence-electron chi connectivity index (χ3n) is 7.31. The Bertz CT molecular complexity index is 1400. The molecule has 3 aromatic carbocycles. The summed E-state index contributed by atoms with van der Waals surface area (Å²) >= 11 is 0. The molecule has 8 nitrogen and oxygen atoms in total. The molecule has 39 heavy (non-hydrogen) atoms. The molecule has 1 N–H and O–H groups in total. The average Bonchev–Trinajstić information content (AvgIpc) is 3.31. The molecule has 1 atom stereocenters. The van der Waals surface area contributed by atoms with Crippen molar-refractivity contribution >= 4 is 40.6 Å². The van der Waals surface area contributed by atoms with Crippen molar-refractivity contribution in [2.45, 2.75) is 25.2 Å². The van der Waals surface area contributed by atoms with Crippen LogP contribution < -0.4 is 10.2 Å². The number of hydrogen-bond acceptors (Lipinski definition) is 6. The van der Waals surface area contributed by atoms with Crippen LogP contribution in [0.4, 0.5) is 17.1 Å². The minimum atomic E-state index is -0.708. The molecule has 2 aliphatic heterocycles. The SMILES string of the molecule is COC(=O)c1ccc2c(c1)C(C(=Nc1ccc(N(C)C(=O)CN3CCCCC3)cc1)c1ccccc1)C(=O)N2. The third-order valence-corrected chi connectivity index (χ3v) is 7.31. The Balaban J connectivity index is 1.44. The number of carbonyl (C=O) groups excluding carboxylic acids is 3. The average molecular weight is 525 g/mol. The first-order valence-electron chi connectivity index (χ1n) is 13.2. The van der Waals surface area contributed by atoms with E-state index in [2.05, 4.69) is 10.2 Å². The van der Waals surface area contributed by atoms with Crippen LogP contribution in [-0.2, 0) is 14.3 Å². The van der Waals surface area contributed by atoms with E-state index in [9.17, 15) is 14.4 Å². The number of rotatable bonds is 7. The molecule has 0 spiro atoms. The number of fused-ring (bicyclic) bond motifs is 1. The van der Waals surface area contributed by atoms with Crippen LogP contribution in [0.3, 0.4) is 0 Å². The largest absolute Gasteiger partial charge is 0.465 e. The number of carbonyl (C=O) groups is 3. The van der Waals surface area contributed by atoms with Gasteiger partial charge in [0.15, 0.2) is 0 Å². The molecule has 0 aliphatic carbocycles. The zero-order chi connectivity index (χ0) is 27.4. The summed E-state index contributed by atoms with van der Waals surface area (Å²) in [5.74, 6) is -1.34. The second kappa shape index (κ2) is 11.6. The van der Waals surface area contributed by atoms with E-state index < -0.39 is 11.9 Å². The van der Waals surface area contributed by atoms with E-state index >= 15 is 0 Å². The first-order chi connectivity index (χ1) is 18.9. The number of likely N-dealkylation sites (tertiary alicyclic amines) is 1. The van der Waals surface area contributed by atoms with Crippen LogP contribution >= 0.6 is 0 Å². The van der Waals surface area contributed by atoms with Gasteiger partial charge in [-0.25, -0.2) is 4.79 Å². The van der Waals surface area contributed by atoms with Crippen LogP contribution in [0.1, 0.15) is 46.7 Å². The maximum absolute atomic E-state index is 13.2. The van der Waals surface area contributed by atoms with Crippen LogP contribution in [0.2, 0.25) is 0 Å². The van der Waals surface area contributed by atoms with Gasteiger partial charge in [0.05, 0.1) is 30.6 Å². The lowest BCUT2D eigenvalue weighted by Crippen LogP contribution is -2.40. The van der Waals surface area contributed by atoms with Crippen LogP contribution in [0.5, 0.6) is 0 Å². The molecule has 0 saturated carbocycles. The Hall–Kier alpha value is -4.30. The number of nitrogens with one attached hydrogen (secondary N) is 1. The lowest BCUT2D eigenvalue weighted by atomic mass is 9.90. The summed E-state index contributed by atoms with van der Waals surface area (Å²) in [5, 5.41) is 2.92. The maximum atomic E-state index is 13.2. The molecule has 2 heterocycles. The molecule has 1 unspecified atom stereocenters. The summed E-state index contributed by atoms with van der Waals surface area (Å²) in [5.41, 5.74) is 4.48. The number of anilines is 2. The molecular weight excluding hydrogens is 492 g/mol. The van der Waals surface area contributed by atoms with Gasteiger partial charge < -0.3 is 15.0 Å². The number of hydrogen-bond donors (Lipinski definition) is 1. The number of benzene rings is 3. The number of likely N-dealkylation sites (N-methyl/N-ethyl adjacent to an activating group) is 1. The van der Waals surface area contributed by atoms with Crippen molar-refractivity contribution in [1.29, 1.82) is 0 Å². The Kier molecular flexibility index (Phi) is 7.84. The normalized spacial score (nSPS) is 17.3. The molecule has 1 fully saturated rings. The highest BCUT2D eigenvalue weighted by Crippen LogP contribution is 2.37. The van der Waals surface area contributed by atoms with Gasteiger partial charge in [-0.2, -0.15) is 0 Å². The summed E-state index contributed by atoms with van der Waals surface area (Å²) in [6.45, 7) is 2.35. The molecule has 200 valence electrons. The lowest BCUT2D eigenvalue weighted by molar-refractivity contribution is -0.119. The van der Waals surface area contributed by atoms with E-state index in [4.69, 9.17) is 9.73 Å². The maximum Gasteiger partial charge on any atom is 0.337 e. The van der Waals surface area contributed by atoms with E-state index in [0.717, 1.165) is 37.2 Å². The monoisotopic (exact) mass is 524 g/mol. The highest BCUT2D eigenvalue weighted by molar-refractivity contribution is 6.24. The molecule has 0 bridgehead atoms. The van der Waals surface area contributed by atoms with Gasteiger partial charge in [-0.05, 0) is 79.5 Å². The second-order valence-corrected chi connectivity index (χ2v) is 9.88. The summed E-state index contributed by atoms with van der Waals surface area (Å²) in [4.78, 5) is 47.1. The summed E-state index contributed by atoms with van der Waals surface area (Å²) in [6, 6.07) is 22.0. The number of esters is 1. The van der Waals surface area contributed by atoms with Gasteiger partial charge in [-0.15, -0.1) is 0 Å². The van der Waals surface area contributed by atoms with E-state index in [0.29, 0.717) is 34.8 Å². The molecule has 2 aliphatic rings. The number of methoxy groups -OCH3 is 1. The van der Waals surface area contributed by atoms with Crippen molar-refractivity contribution in [3.8, 4) is 0 Å². The molecule has 1 saturated heterocycles. The zero-order valence-corrected chi connectivity index (χ0v) is 22.2. The Morgan fingerprint density at radius 1 is 0.974 bits per heavy atom. The predicted octanol–water partition coefficient (Wildman–Crippen LogP) is 4.78. The third kappa shape index (κ3) is 5.76. The standard InChI is InChI=1S/C31H32N4O4/c1-34(27(36)20-35-17-7-4-8-18-35)24-14-12-23(13-15-24)32-29(21-9-5-3-6-10-21)28-25-19-22(31(38)39-2)11-16-26(25)33-30(28)37/h3,5-6,9-16,19,28H,4,7-8,17-18,20H2,1-2H3,(H,33,37). The van der Waals surface area contributed by atoms with Crippen molar-refractivity contribution < 1.29 is 19.1 Å². The minimum absolute atomic E-state index is 0.0544. The molecule has 8 heteroatoms. The topological polar surface area (TPSA) is 91.3 Å².